The van der Waals surface area contributed by atoms with Gasteiger partial charge in [0.2, 0.25) is 11.8 Å². The Hall–Kier alpha value is -2.64. The summed E-state index contributed by atoms with van der Waals surface area (Å²) in [6.45, 7) is 0. The standard InChI is InChI=1S/C24H20N2O3S2/c1-29-17-7-2-13(3-8-17)12-30-24-25-18-9-6-16(11-19(18)31-24)26-22(27)20-14-4-5-15(10-14)21(20)23(26)28/h2-9,11,14-15,20-21H,10,12H2,1H3/t14-,15-,20+,21+/m0/s1. The molecule has 7 heteroatoms. The fraction of sp³-hybridized carbons (Fsp3) is 0.292. The lowest BCUT2D eigenvalue weighted by Crippen LogP contribution is -2.32. The Kier molecular flexibility index (Phi) is 4.43. The molecule has 3 aromatic rings. The first-order chi connectivity index (χ1) is 15.1. The third kappa shape index (κ3) is 3.02. The first kappa shape index (κ1) is 19.1. The summed E-state index contributed by atoms with van der Waals surface area (Å²) in [5.74, 6) is 1.70. The van der Waals surface area contributed by atoms with Gasteiger partial charge in [0.15, 0.2) is 4.34 Å². The fourth-order valence-electron chi connectivity index (χ4n) is 5.12. The maximum atomic E-state index is 13.1. The fourth-order valence-corrected chi connectivity index (χ4v) is 7.17. The molecule has 1 aliphatic heterocycles. The second kappa shape index (κ2) is 7.21. The van der Waals surface area contributed by atoms with Gasteiger partial charge in [-0.05, 0) is 54.2 Å². The molecule has 2 aromatic carbocycles. The number of carbonyl (C=O) groups excluding carboxylic acids is 2. The van der Waals surface area contributed by atoms with Crippen LogP contribution in [0.1, 0.15) is 12.0 Å². The molecule has 2 aliphatic carbocycles. The van der Waals surface area contributed by atoms with Gasteiger partial charge in [0.05, 0.1) is 34.8 Å². The molecular formula is C24H20N2O3S2. The molecule has 6 rings (SSSR count). The quantitative estimate of drug-likeness (QED) is 0.315. The highest BCUT2D eigenvalue weighted by Gasteiger charge is 2.59. The topological polar surface area (TPSA) is 59.5 Å². The third-order valence-electron chi connectivity index (χ3n) is 6.60. The highest BCUT2D eigenvalue weighted by atomic mass is 32.2. The van der Waals surface area contributed by atoms with E-state index in [2.05, 4.69) is 24.3 Å². The number of anilines is 1. The lowest BCUT2D eigenvalue weighted by Gasteiger charge is -2.17. The molecule has 0 N–H and O–H groups in total. The normalized spacial score (nSPS) is 26.3. The van der Waals surface area contributed by atoms with E-state index in [1.807, 2.05) is 30.3 Å². The lowest BCUT2D eigenvalue weighted by atomic mass is 9.85. The first-order valence-electron chi connectivity index (χ1n) is 10.3. The summed E-state index contributed by atoms with van der Waals surface area (Å²) in [5, 5.41) is 0. The monoisotopic (exact) mass is 448 g/mol. The SMILES string of the molecule is COc1ccc(CSc2nc3ccc(N4C(=O)[C@H]5[C@H](C4=O)[C@H]4C=C[C@H]5C4)cc3s2)cc1. The Morgan fingerprint density at radius 1 is 1.06 bits per heavy atom. The molecule has 0 unspecified atom stereocenters. The number of benzene rings is 2. The number of ether oxygens (including phenoxy) is 1. The van der Waals surface area contributed by atoms with Gasteiger partial charge in [0, 0.05) is 5.75 Å². The zero-order chi connectivity index (χ0) is 21.1. The van der Waals surface area contributed by atoms with Crippen LogP contribution in [0.15, 0.2) is 59.0 Å². The van der Waals surface area contributed by atoms with Crippen molar-refractivity contribution in [1.29, 1.82) is 0 Å². The molecule has 2 heterocycles. The largest absolute Gasteiger partial charge is 0.497 e. The number of allylic oxidation sites excluding steroid dienone is 2. The van der Waals surface area contributed by atoms with Crippen LogP contribution in [-0.2, 0) is 15.3 Å². The minimum Gasteiger partial charge on any atom is -0.497 e. The average Bonchev–Trinajstić information content (AvgIpc) is 3.55. The highest BCUT2D eigenvalue weighted by Crippen LogP contribution is 2.53. The Labute approximate surface area is 188 Å². The molecule has 5 nitrogen and oxygen atoms in total. The van der Waals surface area contributed by atoms with E-state index in [0.29, 0.717) is 5.69 Å². The summed E-state index contributed by atoms with van der Waals surface area (Å²) < 4.78 is 7.17. The van der Waals surface area contributed by atoms with E-state index in [4.69, 9.17) is 9.72 Å². The number of fused-ring (bicyclic) bond motifs is 6. The third-order valence-corrected chi connectivity index (χ3v) is 8.83. The molecule has 1 aromatic heterocycles. The van der Waals surface area contributed by atoms with Crippen LogP contribution in [0.5, 0.6) is 5.75 Å². The van der Waals surface area contributed by atoms with Crippen molar-refractivity contribution in [3.63, 3.8) is 0 Å². The van der Waals surface area contributed by atoms with Gasteiger partial charge in [0.25, 0.3) is 0 Å². The molecule has 1 saturated carbocycles. The molecule has 2 bridgehead atoms. The van der Waals surface area contributed by atoms with Crippen LogP contribution in [-0.4, -0.2) is 23.9 Å². The van der Waals surface area contributed by atoms with Gasteiger partial charge in [0.1, 0.15) is 5.75 Å². The van der Waals surface area contributed by atoms with Crippen molar-refractivity contribution >= 4 is 50.8 Å². The van der Waals surface area contributed by atoms with Crippen LogP contribution in [0, 0.1) is 23.7 Å². The van der Waals surface area contributed by atoms with Crippen LogP contribution >= 0.6 is 23.1 Å². The van der Waals surface area contributed by atoms with Crippen LogP contribution in [0.3, 0.4) is 0 Å². The zero-order valence-electron chi connectivity index (χ0n) is 16.9. The number of thioether (sulfide) groups is 1. The molecule has 2 amide bonds. The van der Waals surface area contributed by atoms with Crippen molar-refractivity contribution in [2.45, 2.75) is 16.5 Å². The van der Waals surface area contributed by atoms with E-state index < -0.39 is 0 Å². The van der Waals surface area contributed by atoms with Gasteiger partial charge >= 0.3 is 0 Å². The number of methoxy groups -OCH3 is 1. The summed E-state index contributed by atoms with van der Waals surface area (Å²) >= 11 is 3.29. The van der Waals surface area contributed by atoms with E-state index in [1.54, 1.807) is 30.2 Å². The number of rotatable bonds is 5. The maximum absolute atomic E-state index is 13.1. The van der Waals surface area contributed by atoms with E-state index >= 15 is 0 Å². The molecule has 2 fully saturated rings. The number of amides is 2. The molecule has 0 spiro atoms. The molecular weight excluding hydrogens is 428 g/mol. The highest BCUT2D eigenvalue weighted by molar-refractivity contribution is 8.00. The van der Waals surface area contributed by atoms with Crippen molar-refractivity contribution in [3.8, 4) is 5.75 Å². The van der Waals surface area contributed by atoms with Gasteiger partial charge in [-0.25, -0.2) is 9.88 Å². The summed E-state index contributed by atoms with van der Waals surface area (Å²) in [4.78, 5) is 32.3. The van der Waals surface area contributed by atoms with Crippen molar-refractivity contribution in [1.82, 2.24) is 4.98 Å². The Balaban J connectivity index is 1.23. The van der Waals surface area contributed by atoms with Crippen molar-refractivity contribution in [3.05, 3.63) is 60.2 Å². The Morgan fingerprint density at radius 3 is 2.45 bits per heavy atom. The summed E-state index contributed by atoms with van der Waals surface area (Å²) in [6, 6.07) is 13.7. The zero-order valence-corrected chi connectivity index (χ0v) is 18.5. The number of hydrogen-bond donors (Lipinski definition) is 0. The van der Waals surface area contributed by atoms with Crippen molar-refractivity contribution in [2.75, 3.05) is 12.0 Å². The second-order valence-corrected chi connectivity index (χ2v) is 10.5. The van der Waals surface area contributed by atoms with E-state index in [-0.39, 0.29) is 35.5 Å². The van der Waals surface area contributed by atoms with Crippen molar-refractivity contribution < 1.29 is 14.3 Å². The summed E-state index contributed by atoms with van der Waals surface area (Å²) in [7, 11) is 1.66. The molecule has 156 valence electrons. The Morgan fingerprint density at radius 2 is 1.77 bits per heavy atom. The van der Waals surface area contributed by atoms with Gasteiger partial charge < -0.3 is 4.74 Å². The van der Waals surface area contributed by atoms with Crippen LogP contribution < -0.4 is 9.64 Å². The van der Waals surface area contributed by atoms with Gasteiger partial charge in [-0.2, -0.15) is 0 Å². The van der Waals surface area contributed by atoms with Crippen LogP contribution in [0.4, 0.5) is 5.69 Å². The van der Waals surface area contributed by atoms with Gasteiger partial charge in [-0.15, -0.1) is 11.3 Å². The number of nitrogens with zero attached hydrogens (tertiary/aromatic N) is 2. The number of aromatic nitrogens is 1. The Bertz CT molecular complexity index is 1200. The number of thiazole rings is 1. The van der Waals surface area contributed by atoms with Crippen LogP contribution in [0.2, 0.25) is 0 Å². The van der Waals surface area contributed by atoms with E-state index in [0.717, 1.165) is 32.5 Å². The van der Waals surface area contributed by atoms with Gasteiger partial charge in [-0.1, -0.05) is 36.0 Å². The van der Waals surface area contributed by atoms with Crippen LogP contribution in [0.25, 0.3) is 10.2 Å². The van der Waals surface area contributed by atoms with E-state index in [1.165, 1.54) is 10.5 Å². The molecule has 1 saturated heterocycles. The minimum atomic E-state index is -0.171. The maximum Gasteiger partial charge on any atom is 0.238 e. The average molecular weight is 449 g/mol. The summed E-state index contributed by atoms with van der Waals surface area (Å²) in [5.41, 5.74) is 2.77. The van der Waals surface area contributed by atoms with E-state index in [9.17, 15) is 9.59 Å². The number of imide groups is 1. The first-order valence-corrected chi connectivity index (χ1v) is 12.1. The molecule has 4 atom stereocenters. The molecule has 3 aliphatic rings. The number of carbonyl (C=O) groups is 2. The predicted molar refractivity (Wildman–Crippen MR) is 122 cm³/mol. The van der Waals surface area contributed by atoms with Crippen molar-refractivity contribution in [2.24, 2.45) is 23.7 Å². The van der Waals surface area contributed by atoms with Gasteiger partial charge in [-0.3, -0.25) is 9.59 Å². The second-order valence-electron chi connectivity index (χ2n) is 8.28. The smallest absolute Gasteiger partial charge is 0.238 e. The number of hydrogen-bond acceptors (Lipinski definition) is 6. The molecule has 31 heavy (non-hydrogen) atoms. The lowest BCUT2D eigenvalue weighted by molar-refractivity contribution is -0.123. The minimum absolute atomic E-state index is 0.0372. The summed E-state index contributed by atoms with van der Waals surface area (Å²) in [6.07, 6.45) is 5.20. The predicted octanol–water partition coefficient (Wildman–Crippen LogP) is 4.91. The molecule has 0 radical (unpaired) electrons.